The number of ketones is 1. The molecule has 1 aromatic heterocycles. The molecule has 2 heterocycles. The molecule has 0 spiro atoms. The number of thiophene rings is 1. The number of rotatable bonds is 5. The van der Waals surface area contributed by atoms with Crippen LogP contribution in [-0.2, 0) is 10.5 Å². The topological polar surface area (TPSA) is 111 Å². The molecule has 0 bridgehead atoms. The first kappa shape index (κ1) is 32.4. The van der Waals surface area contributed by atoms with Gasteiger partial charge in [0.15, 0.2) is 6.79 Å². The van der Waals surface area contributed by atoms with Crippen molar-refractivity contribution in [3.8, 4) is 5.75 Å². The first-order valence-corrected chi connectivity index (χ1v) is 11.1. The van der Waals surface area contributed by atoms with Gasteiger partial charge in [-0.1, -0.05) is 17.7 Å². The second kappa shape index (κ2) is 16.3. The summed E-state index contributed by atoms with van der Waals surface area (Å²) in [5.74, 6) is 1.44. The van der Waals surface area contributed by atoms with E-state index < -0.39 is 6.16 Å². The minimum atomic E-state index is -2.33. The van der Waals surface area contributed by atoms with Crippen LogP contribution in [-0.4, -0.2) is 25.8 Å². The molecule has 0 atom stereocenters. The van der Waals surface area contributed by atoms with Crippen molar-refractivity contribution in [1.29, 1.82) is 0 Å². The van der Waals surface area contributed by atoms with Crippen molar-refractivity contribution in [3.63, 3.8) is 0 Å². The zero-order valence-corrected chi connectivity index (χ0v) is 33.1. The average molecular weight is 744 g/mol. The van der Waals surface area contributed by atoms with E-state index in [0.717, 1.165) is 26.8 Å². The van der Waals surface area contributed by atoms with E-state index in [2.05, 4.69) is 5.32 Å². The summed E-state index contributed by atoms with van der Waals surface area (Å²) < 4.78 is 10.6. The number of hydrogen-bond acceptors (Lipinski definition) is 9. The predicted octanol–water partition coefficient (Wildman–Crippen LogP) is -2.47. The van der Waals surface area contributed by atoms with Crippen LogP contribution in [0.2, 0.25) is 5.02 Å². The van der Waals surface area contributed by atoms with E-state index in [4.69, 9.17) is 36.1 Å². The summed E-state index contributed by atoms with van der Waals surface area (Å²) in [5.41, 5.74) is 3.18. The summed E-state index contributed by atoms with van der Waals surface area (Å²) in [6.45, 7) is 0.122. The maximum Gasteiger partial charge on any atom is 1.00 e. The number of carboxylic acid groups (broad SMARTS) is 2. The fraction of sp³-hybridized carbons (Fsp3) is 0.143. The van der Waals surface area contributed by atoms with E-state index in [0.29, 0.717) is 22.0 Å². The summed E-state index contributed by atoms with van der Waals surface area (Å²) in [5, 5.41) is 22.5. The van der Waals surface area contributed by atoms with Gasteiger partial charge in [-0.15, -0.1) is 23.1 Å². The predicted molar refractivity (Wildman–Crippen MR) is 116 cm³/mol. The molecule has 1 aliphatic heterocycles. The SMILES string of the molecule is COCOc1ccc(Cl)cc1Nc1cccc2c1C(=O)c1sccc1CS2.O=C([O-])[O-].[Cs+].[Cs+]. The molecular weight excluding hydrogens is 728 g/mol. The molecule has 0 aliphatic carbocycles. The molecule has 0 fully saturated rings. The normalized spacial score (nSPS) is 11.3. The Bertz CT molecular complexity index is 1110. The average Bonchev–Trinajstić information content (AvgIpc) is 3.15. The maximum atomic E-state index is 13.2. The van der Waals surface area contributed by atoms with E-state index in [-0.39, 0.29) is 150 Å². The van der Waals surface area contributed by atoms with Crippen LogP contribution in [0, 0.1) is 0 Å². The van der Waals surface area contributed by atoms with Crippen molar-refractivity contribution in [3.05, 3.63) is 68.9 Å². The van der Waals surface area contributed by atoms with Gasteiger partial charge >= 0.3 is 138 Å². The second-order valence-electron chi connectivity index (χ2n) is 6.14. The third kappa shape index (κ3) is 9.32. The number of methoxy groups -OCH3 is 1. The first-order chi connectivity index (χ1) is 14.9. The van der Waals surface area contributed by atoms with Crippen LogP contribution >= 0.6 is 34.7 Å². The number of carbonyl (C=O) groups is 2. The number of carbonyl (C=O) groups excluding carboxylic acids is 2. The van der Waals surface area contributed by atoms with Gasteiger partial charge in [0.25, 0.3) is 0 Å². The zero-order valence-electron chi connectivity index (χ0n) is 18.2. The van der Waals surface area contributed by atoms with E-state index in [9.17, 15) is 4.79 Å². The Morgan fingerprint density at radius 3 is 2.58 bits per heavy atom. The van der Waals surface area contributed by atoms with E-state index in [1.165, 1.54) is 11.3 Å². The monoisotopic (exact) mass is 743 g/mol. The standard InChI is InChI=1S/C20H16ClNO3S2.CH2O3.2Cs/c1-24-11-25-16-6-5-13(21)9-15(16)22-14-3-2-4-17-18(14)19(23)20-12(10-27-17)7-8-26-20;2-1(3)4;;/h2-9,22H,10-11H2,1H3;(H2,2,3,4);;/q;;2*+1/p-2. The number of hydrogen-bond donors (Lipinski definition) is 1. The molecule has 0 saturated carbocycles. The number of ether oxygens (including phenoxy) is 2. The molecule has 2 aromatic carbocycles. The van der Waals surface area contributed by atoms with E-state index in [1.807, 2.05) is 29.6 Å². The molecule has 4 rings (SSSR count). The molecule has 0 amide bonds. The van der Waals surface area contributed by atoms with Crippen LogP contribution in [0.25, 0.3) is 0 Å². The molecule has 0 unspecified atom stereocenters. The fourth-order valence-corrected chi connectivity index (χ4v) is 5.11. The molecule has 162 valence electrons. The third-order valence-electron chi connectivity index (χ3n) is 4.13. The Balaban J connectivity index is 0.000000842. The number of halogens is 1. The largest absolute Gasteiger partial charge is 1.00 e. The summed E-state index contributed by atoms with van der Waals surface area (Å²) in [6, 6.07) is 13.2. The van der Waals surface area contributed by atoms with Crippen LogP contribution in [0.1, 0.15) is 20.8 Å². The van der Waals surface area contributed by atoms with Gasteiger partial charge < -0.3 is 29.8 Å². The Morgan fingerprint density at radius 1 is 1.15 bits per heavy atom. The maximum absolute atomic E-state index is 13.2. The van der Waals surface area contributed by atoms with Crippen molar-refractivity contribution in [2.24, 2.45) is 0 Å². The van der Waals surface area contributed by atoms with Gasteiger partial charge in [-0.3, -0.25) is 4.79 Å². The smallest absolute Gasteiger partial charge is 0.652 e. The van der Waals surface area contributed by atoms with Crippen molar-refractivity contribution in [2.45, 2.75) is 10.6 Å². The fourth-order valence-electron chi connectivity index (χ4n) is 2.90. The second-order valence-corrected chi connectivity index (χ2v) is 8.51. The number of benzene rings is 2. The Kier molecular flexibility index (Phi) is 16.0. The summed E-state index contributed by atoms with van der Waals surface area (Å²) in [4.78, 5) is 23.3. The van der Waals surface area contributed by atoms with E-state index in [1.54, 1.807) is 37.1 Å². The Labute approximate surface area is 322 Å². The van der Waals surface area contributed by atoms with Crippen molar-refractivity contribution >= 4 is 58.0 Å². The van der Waals surface area contributed by atoms with E-state index >= 15 is 0 Å². The Morgan fingerprint density at radius 2 is 1.88 bits per heavy atom. The van der Waals surface area contributed by atoms with Gasteiger partial charge in [-0.2, -0.15) is 0 Å². The summed E-state index contributed by atoms with van der Waals surface area (Å²) in [6.07, 6.45) is -2.33. The van der Waals surface area contributed by atoms with Crippen molar-refractivity contribution in [1.82, 2.24) is 0 Å². The van der Waals surface area contributed by atoms with Crippen molar-refractivity contribution in [2.75, 3.05) is 19.2 Å². The first-order valence-electron chi connectivity index (χ1n) is 8.84. The van der Waals surface area contributed by atoms with Gasteiger partial charge in [0, 0.05) is 22.8 Å². The van der Waals surface area contributed by atoms with Crippen LogP contribution in [0.15, 0.2) is 52.7 Å². The number of anilines is 2. The molecule has 0 saturated heterocycles. The quantitative estimate of drug-likeness (QED) is 0.287. The van der Waals surface area contributed by atoms with Gasteiger partial charge in [0.1, 0.15) is 5.75 Å². The molecule has 7 nitrogen and oxygen atoms in total. The number of nitrogens with one attached hydrogen (secondary N) is 1. The molecule has 1 N–H and O–H groups in total. The van der Waals surface area contributed by atoms with Gasteiger partial charge in [0.05, 0.1) is 21.8 Å². The molecule has 0 radical (unpaired) electrons. The van der Waals surface area contributed by atoms with Crippen LogP contribution in [0.4, 0.5) is 16.2 Å². The summed E-state index contributed by atoms with van der Waals surface area (Å²) in [7, 11) is 1.56. The molecule has 3 aromatic rings. The Hall–Kier alpha value is 1.38. The zero-order chi connectivity index (χ0) is 22.4. The minimum Gasteiger partial charge on any atom is -0.652 e. The molecule has 33 heavy (non-hydrogen) atoms. The summed E-state index contributed by atoms with van der Waals surface area (Å²) >= 11 is 9.34. The third-order valence-corrected chi connectivity index (χ3v) is 6.43. The van der Waals surface area contributed by atoms with Gasteiger partial charge in [0.2, 0.25) is 5.78 Å². The molecular formula is C21H16ClCs2NO6S2. The molecule has 1 aliphatic rings. The van der Waals surface area contributed by atoms with Crippen LogP contribution in [0.3, 0.4) is 0 Å². The minimum absolute atomic E-state index is 0. The van der Waals surface area contributed by atoms with Crippen molar-refractivity contribution < 1.29 is 167 Å². The number of thioether (sulfide) groups is 1. The van der Waals surface area contributed by atoms with Gasteiger partial charge in [-0.25, -0.2) is 0 Å². The number of fused-ring (bicyclic) bond motifs is 2. The van der Waals surface area contributed by atoms with Crippen LogP contribution in [0.5, 0.6) is 5.75 Å². The van der Waals surface area contributed by atoms with Crippen LogP contribution < -0.4 is 158 Å². The van der Waals surface area contributed by atoms with Gasteiger partial charge in [-0.05, 0) is 53.5 Å². The molecule has 12 heteroatoms.